The molecule has 6 aromatic carbocycles. The number of benzene rings is 6. The molecule has 31 heteroatoms. The van der Waals surface area contributed by atoms with Gasteiger partial charge in [-0.15, -0.1) is 8.73 Å². The number of nitrogens with one attached hydrogen (secondary N) is 4. The van der Waals surface area contributed by atoms with Gasteiger partial charge in [0.1, 0.15) is 37.1 Å². The molecule has 0 radical (unpaired) electrons. The first kappa shape index (κ1) is 106. The summed E-state index contributed by atoms with van der Waals surface area (Å²) in [5.41, 5.74) is 15.5. The van der Waals surface area contributed by atoms with Gasteiger partial charge in [0.2, 0.25) is 0 Å². The minimum Gasteiger partial charge on any atom is -0.490 e. The molecular weight excluding hydrogens is 1930 g/mol. The number of fused-ring (bicyclic) bond motifs is 12. The van der Waals surface area contributed by atoms with Crippen LogP contribution >= 0.6 is 0 Å². The van der Waals surface area contributed by atoms with Gasteiger partial charge >= 0.3 is 12.1 Å². The van der Waals surface area contributed by atoms with E-state index in [9.17, 15) is 41.4 Å². The first-order chi connectivity index (χ1) is 71.1. The molecule has 5 fully saturated rings. The fraction of sp³-hybridized carbons (Fsp3) is 0.564. The lowest BCUT2D eigenvalue weighted by atomic mass is 9.68. The zero-order valence-corrected chi connectivity index (χ0v) is 90.9. The SMILES string of the molecule is COC1CC(NC(=O)NS2(=O)=NC(=O)c3ccc4c(c3)N(C[C@@H]3CC[C@H]3[C@@H](OC)/C=C/C[C@H](C)C2)C[C@@]2(CCCc3cc(C)ccc32)CO4)C1.CO[C@H]1/C=C/C[C@H](C)CS(=O)(NC(=O)N[C@H]2C[C@@H]2C)=NC(=O)c2ccc3c(c2)N(C[C@@H]2CC[C@H]21)C[C@@]1(CCCc2cc(C)ccc21)CO3.CO[C@H]1/C=C/C[C@H](C)[C@@H](C)[S@@](=O)(CC(=O)c2cnn(C)c2)=NC(=O)c2ccc3c(c2)N(C[C@@H]2CC[C@H]21)C[C@@]1(CCCc2cc(C)ccc21)CO3. The lowest BCUT2D eigenvalue weighted by molar-refractivity contribution is 0.0131. The van der Waals surface area contributed by atoms with Crippen LogP contribution in [0, 0.1) is 80.0 Å². The van der Waals surface area contributed by atoms with Gasteiger partial charge in [0, 0.05) is 131 Å². The van der Waals surface area contributed by atoms with Crippen molar-refractivity contribution in [2.24, 2.45) is 79.3 Å². The monoisotopic (exact) mass is 2080 g/mol. The standard InChI is InChI=1S/C40H50N4O5S.C39H52N4O6S.C38H50N4O5S/c1-26-11-15-34-29(18-26)9-7-17-40(34)24-44-22-31-12-14-33(31)37(48-5)10-6-8-27(2)28(3)50(47,23-36(45)32-20-41-43(4)21-32)42-39(46)30-13-16-38(49-25-40)35(44)19-30;1-25-10-14-33-27(17-25)8-6-16-39(33)23-43-21-29-11-13-32(29)35(48-4)9-5-7-26(2)22-50(46,42-38(45)40-30-19-31(20-30)47-3)41-37(44)28-12-15-36(49-24-39)34(43)18-28;1-24-10-14-31-27(17-24)8-6-16-38(31)22-42-20-29-11-13-30(29)34(46-4)9-5-7-25(2)21-48(45,41-37(44)39-32-18-26(32)3)40-36(43)28-12-15-35(47-23-38)33(42)19-28/h6,10-11,13,15-16,18-21,27-28,31,33,37H,7-9,12,14,17,22-25H2,1-5H3;5,9-10,12,14-15,17-18,26,29-32,35H,6-8,11,13,16,19-24H2,1-4H3,(H2,40,41,42,44,45,46);5,9-10,12,14-15,17,19,25-26,29-30,32,34H,6-8,11,13,16,18,20-23H2,1-4H3,(H2,39,40,41,43,44,45)/b10-6+;2*9-5+/t27-,28+,31-,33+,37-,40-,50-;26-,29-,30?,31?,32+,35-,39-,50?;25-,26-,29-,30+,32-,34-,38-,48?/m000/s1. The number of urea groups is 2. The third-order valence-electron chi connectivity index (χ3n) is 35.0. The normalized spacial score (nSPS) is 33.7. The highest BCUT2D eigenvalue weighted by atomic mass is 32.2. The Balaban J connectivity index is 0.000000140. The summed E-state index contributed by atoms with van der Waals surface area (Å²) >= 11 is 0. The van der Waals surface area contributed by atoms with E-state index in [2.05, 4.69) is 172 Å². The van der Waals surface area contributed by atoms with Crippen molar-refractivity contribution in [2.75, 3.05) is 119 Å². The van der Waals surface area contributed by atoms with E-state index in [1.54, 1.807) is 59.9 Å². The predicted molar refractivity (Wildman–Crippen MR) is 581 cm³/mol. The number of rotatable bonds is 11. The number of methoxy groups -OCH3 is 4. The number of Topliss-reactive ketones (excluding diaryl/α,β-unsaturated/α-hetero) is 1. The highest BCUT2D eigenvalue weighted by Gasteiger charge is 2.51. The summed E-state index contributed by atoms with van der Waals surface area (Å²) in [7, 11) is -1.50. The minimum absolute atomic E-state index is 0.0229. The molecule has 5 saturated carbocycles. The molecule has 1 aromatic heterocycles. The minimum atomic E-state index is -3.47. The molecule has 0 saturated heterocycles. The van der Waals surface area contributed by atoms with Gasteiger partial charge in [-0.3, -0.25) is 33.3 Å². The quantitative estimate of drug-likeness (QED) is 0.0690. The van der Waals surface area contributed by atoms with Gasteiger partial charge < -0.3 is 58.5 Å². The molecular formula is C117H152N12O16S3. The van der Waals surface area contributed by atoms with E-state index < -0.39 is 64.6 Å². The number of nitrogens with zero attached hydrogens (tertiary/aromatic N) is 8. The Hall–Kier alpha value is -10.5. The van der Waals surface area contributed by atoms with Gasteiger partial charge in [-0.05, 0) is 310 Å². The number of ether oxygens (including phenoxy) is 7. The van der Waals surface area contributed by atoms with Crippen LogP contribution in [-0.2, 0) is 91.1 Å². The Kier molecular flexibility index (Phi) is 31.8. The molecule has 28 nitrogen and oxygen atoms in total. The summed E-state index contributed by atoms with van der Waals surface area (Å²) in [5, 5.41) is 9.35. The van der Waals surface area contributed by atoms with Gasteiger partial charge in [-0.25, -0.2) is 22.2 Å². The third kappa shape index (κ3) is 23.1. The highest BCUT2D eigenvalue weighted by molar-refractivity contribution is 7.95. The number of hydrogen-bond acceptors (Lipinski definition) is 20. The number of ketones is 1. The van der Waals surface area contributed by atoms with Crippen LogP contribution in [0.3, 0.4) is 0 Å². The lowest BCUT2D eigenvalue weighted by Crippen LogP contribution is -2.52. The predicted octanol–water partition coefficient (Wildman–Crippen LogP) is 19.2. The maximum absolute atomic E-state index is 14.9. The molecule has 21 rings (SSSR count). The second-order valence-electron chi connectivity index (χ2n) is 45.9. The topological polar surface area (TPSA) is 331 Å². The van der Waals surface area contributed by atoms with Crippen LogP contribution in [0.4, 0.5) is 26.7 Å². The van der Waals surface area contributed by atoms with Crippen LogP contribution < -0.4 is 49.0 Å². The Bertz CT molecular complexity index is 6680. The van der Waals surface area contributed by atoms with E-state index in [0.29, 0.717) is 116 Å². The van der Waals surface area contributed by atoms with Gasteiger partial charge in [0.05, 0.1) is 100 Å². The molecule has 8 aliphatic carbocycles. The maximum Gasteiger partial charge on any atom is 0.327 e. The third-order valence-corrected chi connectivity index (χ3v) is 41.8. The van der Waals surface area contributed by atoms with Gasteiger partial charge in [-0.1, -0.05) is 135 Å². The summed E-state index contributed by atoms with van der Waals surface area (Å²) in [6, 6.07) is 35.7. The summed E-state index contributed by atoms with van der Waals surface area (Å²) in [4.78, 5) is 88.7. The van der Waals surface area contributed by atoms with Crippen molar-refractivity contribution >= 4 is 82.2 Å². The Morgan fingerprint density at radius 2 is 0.851 bits per heavy atom. The Morgan fingerprint density at radius 1 is 0.466 bits per heavy atom. The molecule has 6 bridgehead atoms. The highest BCUT2D eigenvalue weighted by Crippen LogP contribution is 2.53. The zero-order chi connectivity index (χ0) is 104. The van der Waals surface area contributed by atoms with Crippen molar-refractivity contribution in [3.8, 4) is 17.2 Å². The van der Waals surface area contributed by atoms with Crippen LogP contribution in [0.1, 0.15) is 242 Å². The lowest BCUT2D eigenvalue weighted by Gasteiger charge is -2.46. The first-order valence-electron chi connectivity index (χ1n) is 54.1. The Labute approximate surface area is 875 Å². The molecule has 7 aromatic rings. The molecule has 6 aliphatic heterocycles. The molecule has 7 heterocycles. The number of anilines is 3. The maximum atomic E-state index is 14.9. The van der Waals surface area contributed by atoms with Crippen molar-refractivity contribution in [2.45, 2.75) is 248 Å². The smallest absolute Gasteiger partial charge is 0.327 e. The number of carbonyl (C=O) groups excluding carboxylic acids is 6. The fourth-order valence-corrected chi connectivity index (χ4v) is 31.7. The van der Waals surface area contributed by atoms with Gasteiger partial charge in [0.25, 0.3) is 17.7 Å². The fourth-order valence-electron chi connectivity index (χ4n) is 25.8. The van der Waals surface area contributed by atoms with Crippen LogP contribution in [0.15, 0.2) is 171 Å². The van der Waals surface area contributed by atoms with Crippen LogP contribution in [0.25, 0.3) is 0 Å². The summed E-state index contributed by atoms with van der Waals surface area (Å²) < 4.78 is 107. The molecule has 7 amide bonds. The summed E-state index contributed by atoms with van der Waals surface area (Å²) in [5.74, 6) is 2.26. The van der Waals surface area contributed by atoms with Crippen LogP contribution in [0.5, 0.6) is 17.2 Å². The molecule has 4 N–H and O–H groups in total. The van der Waals surface area contributed by atoms with E-state index in [0.717, 1.165) is 176 Å². The van der Waals surface area contributed by atoms with Crippen LogP contribution in [0.2, 0.25) is 0 Å². The first-order valence-corrected chi connectivity index (χ1v) is 59.2. The van der Waals surface area contributed by atoms with E-state index in [4.69, 9.17) is 33.2 Å². The van der Waals surface area contributed by atoms with E-state index in [1.165, 1.54) is 60.9 Å². The average Bonchev–Trinajstić information content (AvgIpc) is 1.59. The summed E-state index contributed by atoms with van der Waals surface area (Å²) in [6.45, 7) is 22.8. The molecule has 21 atom stereocenters. The van der Waals surface area contributed by atoms with Gasteiger partial charge in [-0.2, -0.15) is 9.46 Å². The molecule has 2 unspecified atom stereocenters. The largest absolute Gasteiger partial charge is 0.490 e. The Morgan fingerprint density at radius 3 is 1.21 bits per heavy atom. The van der Waals surface area contributed by atoms with Gasteiger partial charge in [0.15, 0.2) is 5.78 Å². The van der Waals surface area contributed by atoms with E-state index in [-0.39, 0.29) is 93.5 Å². The van der Waals surface area contributed by atoms with Crippen molar-refractivity contribution in [3.05, 3.63) is 230 Å². The summed E-state index contributed by atoms with van der Waals surface area (Å²) in [6.07, 6.45) is 36.2. The molecule has 3 spiro atoms. The van der Waals surface area contributed by atoms with Crippen molar-refractivity contribution in [3.63, 3.8) is 0 Å². The average molecular weight is 2080 g/mol. The number of aryl methyl sites for hydroxylation is 7. The number of aromatic nitrogens is 2. The van der Waals surface area contributed by atoms with E-state index in [1.807, 2.05) is 64.1 Å². The number of hydrogen-bond donors (Lipinski definition) is 4. The van der Waals surface area contributed by atoms with Crippen LogP contribution in [-0.4, -0.2) is 205 Å². The molecule has 794 valence electrons. The van der Waals surface area contributed by atoms with Crippen molar-refractivity contribution in [1.29, 1.82) is 0 Å². The van der Waals surface area contributed by atoms with Crippen molar-refractivity contribution < 1.29 is 74.6 Å². The second kappa shape index (κ2) is 44.4. The number of amides is 7. The number of carbonyl (C=O) groups is 6. The molecule has 148 heavy (non-hydrogen) atoms. The van der Waals surface area contributed by atoms with E-state index >= 15 is 0 Å². The second-order valence-corrected chi connectivity index (χ2v) is 52.5. The molecule has 14 aliphatic rings. The van der Waals surface area contributed by atoms with Crippen molar-refractivity contribution in [1.82, 2.24) is 29.9 Å². The zero-order valence-electron chi connectivity index (χ0n) is 88.5. The number of allylic oxidation sites excluding steroid dienone is 3.